The van der Waals surface area contributed by atoms with Gasteiger partial charge in [-0.25, -0.2) is 0 Å². The van der Waals surface area contributed by atoms with Crippen LogP contribution in [0.25, 0.3) is 0 Å². The molecule has 3 rings (SSSR count). The van der Waals surface area contributed by atoms with Crippen molar-refractivity contribution >= 4 is 5.91 Å². The van der Waals surface area contributed by atoms with Crippen molar-refractivity contribution in [3.05, 3.63) is 0 Å². The maximum Gasteiger partial charge on any atom is 0.227 e. The number of nitrogens with two attached hydrogens (primary N) is 1. The zero-order chi connectivity index (χ0) is 15.4. The van der Waals surface area contributed by atoms with Crippen LogP contribution < -0.4 is 11.1 Å². The van der Waals surface area contributed by atoms with Gasteiger partial charge in [0.25, 0.3) is 0 Å². The Morgan fingerprint density at radius 1 is 1.23 bits per heavy atom. The molecule has 22 heavy (non-hydrogen) atoms. The molecule has 1 aliphatic carbocycles. The number of hydrogen-bond acceptors (Lipinski definition) is 4. The predicted octanol–water partition coefficient (Wildman–Crippen LogP) is 1.12. The van der Waals surface area contributed by atoms with Crippen molar-refractivity contribution < 1.29 is 9.53 Å². The van der Waals surface area contributed by atoms with Crippen LogP contribution in [0.3, 0.4) is 0 Å². The third-order valence-electron chi connectivity index (χ3n) is 5.92. The lowest BCUT2D eigenvalue weighted by molar-refractivity contribution is -0.136. The van der Waals surface area contributed by atoms with Crippen molar-refractivity contribution in [2.24, 2.45) is 17.1 Å². The van der Waals surface area contributed by atoms with E-state index in [2.05, 4.69) is 10.2 Å². The maximum absolute atomic E-state index is 12.7. The third kappa shape index (κ3) is 3.63. The van der Waals surface area contributed by atoms with Gasteiger partial charge in [0, 0.05) is 45.4 Å². The highest BCUT2D eigenvalue weighted by atomic mass is 16.5. The molecule has 5 heteroatoms. The Kier molecular flexibility index (Phi) is 5.37. The third-order valence-corrected chi connectivity index (χ3v) is 5.92. The van der Waals surface area contributed by atoms with Gasteiger partial charge in [0.15, 0.2) is 0 Å². The topological polar surface area (TPSA) is 67.6 Å². The minimum absolute atomic E-state index is 0.158. The van der Waals surface area contributed by atoms with E-state index < -0.39 is 5.41 Å². The van der Waals surface area contributed by atoms with Crippen molar-refractivity contribution in [2.45, 2.75) is 51.0 Å². The van der Waals surface area contributed by atoms with Crippen LogP contribution in [0.2, 0.25) is 0 Å². The summed E-state index contributed by atoms with van der Waals surface area (Å²) in [5.74, 6) is 1.05. The first kappa shape index (κ1) is 16.2. The summed E-state index contributed by atoms with van der Waals surface area (Å²) in [7, 11) is 0. The van der Waals surface area contributed by atoms with Crippen LogP contribution in [0.1, 0.15) is 44.9 Å². The van der Waals surface area contributed by atoms with Crippen molar-refractivity contribution in [1.29, 1.82) is 0 Å². The molecule has 0 aromatic carbocycles. The number of carbonyl (C=O) groups is 1. The number of nitrogens with zero attached hydrogens (tertiary/aromatic N) is 1. The zero-order valence-corrected chi connectivity index (χ0v) is 13.7. The molecule has 1 amide bonds. The quantitative estimate of drug-likeness (QED) is 0.799. The Balaban J connectivity index is 1.47. The van der Waals surface area contributed by atoms with Gasteiger partial charge in [0.2, 0.25) is 5.91 Å². The van der Waals surface area contributed by atoms with E-state index in [0.29, 0.717) is 25.8 Å². The fraction of sp³-hybridized carbons (Fsp3) is 0.941. The average Bonchev–Trinajstić information content (AvgIpc) is 3.20. The number of amides is 1. The van der Waals surface area contributed by atoms with Gasteiger partial charge in [-0.05, 0) is 38.0 Å². The zero-order valence-electron chi connectivity index (χ0n) is 13.7. The average molecular weight is 309 g/mol. The number of likely N-dealkylation sites (tertiary alicyclic amines) is 1. The smallest absolute Gasteiger partial charge is 0.227 e. The molecule has 126 valence electrons. The minimum Gasteiger partial charge on any atom is -0.381 e. The van der Waals surface area contributed by atoms with E-state index >= 15 is 0 Å². The van der Waals surface area contributed by atoms with Gasteiger partial charge >= 0.3 is 0 Å². The largest absolute Gasteiger partial charge is 0.381 e. The number of ether oxygens (including phenoxy) is 1. The summed E-state index contributed by atoms with van der Waals surface area (Å²) >= 11 is 0. The fourth-order valence-electron chi connectivity index (χ4n) is 4.30. The van der Waals surface area contributed by atoms with E-state index in [-0.39, 0.29) is 5.91 Å². The van der Waals surface area contributed by atoms with Gasteiger partial charge < -0.3 is 20.7 Å². The normalized spacial score (nSPS) is 29.8. The van der Waals surface area contributed by atoms with Crippen LogP contribution in [-0.2, 0) is 9.53 Å². The summed E-state index contributed by atoms with van der Waals surface area (Å²) < 4.78 is 5.39. The van der Waals surface area contributed by atoms with E-state index in [0.717, 1.165) is 38.3 Å². The van der Waals surface area contributed by atoms with Gasteiger partial charge in [-0.3, -0.25) is 4.79 Å². The first-order valence-electron chi connectivity index (χ1n) is 9.03. The molecule has 1 saturated carbocycles. The number of rotatable bonds is 5. The van der Waals surface area contributed by atoms with Gasteiger partial charge in [-0.15, -0.1) is 0 Å². The highest BCUT2D eigenvalue weighted by Gasteiger charge is 2.40. The summed E-state index contributed by atoms with van der Waals surface area (Å²) in [4.78, 5) is 15.2. The molecule has 2 heterocycles. The van der Waals surface area contributed by atoms with Crippen molar-refractivity contribution in [3.8, 4) is 0 Å². The highest BCUT2D eigenvalue weighted by molar-refractivity contribution is 5.83. The van der Waals surface area contributed by atoms with Gasteiger partial charge in [0.05, 0.1) is 5.41 Å². The maximum atomic E-state index is 12.7. The predicted molar refractivity (Wildman–Crippen MR) is 86.5 cm³/mol. The summed E-state index contributed by atoms with van der Waals surface area (Å²) in [5, 5.41) is 3.28. The lowest BCUT2D eigenvalue weighted by atomic mass is 9.79. The Labute approximate surface area is 133 Å². The Morgan fingerprint density at radius 3 is 2.64 bits per heavy atom. The highest BCUT2D eigenvalue weighted by Crippen LogP contribution is 2.30. The second-order valence-electron chi connectivity index (χ2n) is 7.47. The molecular weight excluding hydrogens is 278 g/mol. The second-order valence-corrected chi connectivity index (χ2v) is 7.47. The molecule has 0 aromatic rings. The second kappa shape index (κ2) is 7.28. The molecule has 2 aliphatic heterocycles. The van der Waals surface area contributed by atoms with Crippen LogP contribution in [0.15, 0.2) is 0 Å². The number of carbonyl (C=O) groups excluding carboxylic acids is 1. The monoisotopic (exact) mass is 309 g/mol. The van der Waals surface area contributed by atoms with Crippen LogP contribution in [0.5, 0.6) is 0 Å². The standard InChI is InChI=1S/C17H31N3O2/c18-13-17(6-9-22-10-7-17)16(21)19-15-5-8-20(12-15)11-14-3-1-2-4-14/h14-15H,1-13,18H2,(H,19,21). The molecule has 0 radical (unpaired) electrons. The number of nitrogens with one attached hydrogen (secondary N) is 1. The fourth-order valence-corrected chi connectivity index (χ4v) is 4.30. The SMILES string of the molecule is NCC1(C(=O)NC2CCN(CC3CCCC3)C2)CCOCC1. The van der Waals surface area contributed by atoms with Crippen molar-refractivity contribution in [1.82, 2.24) is 10.2 Å². The minimum atomic E-state index is -0.392. The molecule has 3 fully saturated rings. The van der Waals surface area contributed by atoms with E-state index in [4.69, 9.17) is 10.5 Å². The Bertz CT molecular complexity index is 376. The van der Waals surface area contributed by atoms with E-state index in [1.165, 1.54) is 32.2 Å². The summed E-state index contributed by atoms with van der Waals surface area (Å²) in [5.41, 5.74) is 5.53. The Hall–Kier alpha value is -0.650. The van der Waals surface area contributed by atoms with Gasteiger partial charge in [-0.1, -0.05) is 12.8 Å². The lowest BCUT2D eigenvalue weighted by Gasteiger charge is -2.35. The van der Waals surface area contributed by atoms with Crippen LogP contribution in [-0.4, -0.2) is 56.2 Å². The number of hydrogen-bond donors (Lipinski definition) is 2. The van der Waals surface area contributed by atoms with Crippen molar-refractivity contribution in [3.63, 3.8) is 0 Å². The molecule has 0 spiro atoms. The molecule has 3 N–H and O–H groups in total. The van der Waals surface area contributed by atoms with Crippen LogP contribution >= 0.6 is 0 Å². The van der Waals surface area contributed by atoms with E-state index in [1.807, 2.05) is 0 Å². The molecule has 5 nitrogen and oxygen atoms in total. The molecule has 1 atom stereocenters. The molecule has 2 saturated heterocycles. The van der Waals surface area contributed by atoms with E-state index in [9.17, 15) is 4.79 Å². The van der Waals surface area contributed by atoms with Crippen molar-refractivity contribution in [2.75, 3.05) is 39.4 Å². The molecule has 0 bridgehead atoms. The summed E-state index contributed by atoms with van der Waals surface area (Å²) in [6.07, 6.45) is 8.18. The van der Waals surface area contributed by atoms with Crippen LogP contribution in [0, 0.1) is 11.3 Å². The lowest BCUT2D eigenvalue weighted by Crippen LogP contribution is -2.52. The molecular formula is C17H31N3O2. The van der Waals surface area contributed by atoms with Crippen LogP contribution in [0.4, 0.5) is 0 Å². The summed E-state index contributed by atoms with van der Waals surface area (Å²) in [6.45, 7) is 5.11. The van der Waals surface area contributed by atoms with E-state index in [1.54, 1.807) is 0 Å². The molecule has 3 aliphatic rings. The molecule has 1 unspecified atom stereocenters. The Morgan fingerprint density at radius 2 is 1.95 bits per heavy atom. The summed E-state index contributed by atoms with van der Waals surface area (Å²) in [6, 6.07) is 0.306. The van der Waals surface area contributed by atoms with Gasteiger partial charge in [-0.2, -0.15) is 0 Å². The first-order valence-corrected chi connectivity index (χ1v) is 9.03. The first-order chi connectivity index (χ1) is 10.7. The van der Waals surface area contributed by atoms with Gasteiger partial charge in [0.1, 0.15) is 0 Å². The molecule has 0 aromatic heterocycles.